The lowest BCUT2D eigenvalue weighted by Gasteiger charge is -2.23. The Morgan fingerprint density at radius 1 is 1.00 bits per heavy atom. The zero-order chi connectivity index (χ0) is 30.4. The SMILES string of the molecule is COc1ccc2nc(N3C(=O)C(=O)C(=C(O)c4ccc5c(c4)C[C@H](C)O5)[C@H]3c3ccc(OCc4ccccc4)cc3)sc2c1. The molecule has 4 aromatic carbocycles. The number of fused-ring (bicyclic) bond motifs is 2. The molecule has 0 spiro atoms. The fourth-order valence-corrected chi connectivity index (χ4v) is 6.70. The topological polar surface area (TPSA) is 98.2 Å². The summed E-state index contributed by atoms with van der Waals surface area (Å²) < 4.78 is 18.0. The van der Waals surface area contributed by atoms with E-state index in [-0.39, 0.29) is 17.4 Å². The van der Waals surface area contributed by atoms with Crippen LogP contribution in [-0.2, 0) is 22.6 Å². The van der Waals surface area contributed by atoms with Crippen LogP contribution >= 0.6 is 11.3 Å². The van der Waals surface area contributed by atoms with Gasteiger partial charge in [0.15, 0.2) is 5.13 Å². The molecule has 44 heavy (non-hydrogen) atoms. The van der Waals surface area contributed by atoms with Crippen LogP contribution in [0.1, 0.15) is 35.2 Å². The summed E-state index contributed by atoms with van der Waals surface area (Å²) in [6.45, 7) is 2.38. The number of carbonyl (C=O) groups excluding carboxylic acids is 2. The number of benzene rings is 4. The van der Waals surface area contributed by atoms with Crippen LogP contribution in [0.5, 0.6) is 17.2 Å². The van der Waals surface area contributed by atoms with Gasteiger partial charge in [-0.05, 0) is 72.1 Å². The van der Waals surface area contributed by atoms with Crippen molar-refractivity contribution in [3.63, 3.8) is 0 Å². The number of methoxy groups -OCH3 is 1. The van der Waals surface area contributed by atoms with Crippen molar-refractivity contribution in [2.75, 3.05) is 12.0 Å². The van der Waals surface area contributed by atoms with E-state index in [1.165, 1.54) is 16.2 Å². The van der Waals surface area contributed by atoms with Crippen LogP contribution in [0.3, 0.4) is 0 Å². The standard InChI is InChI=1S/C35H28N2O6S/c1-20-16-24-17-23(10-15-28(24)43-20)32(38)30-31(22-8-11-25(12-9-22)42-19-21-6-4-3-5-7-21)37(34(40)33(30)39)35-36-27-14-13-26(41-2)18-29(27)44-35/h3-15,17-18,20,31,38H,16,19H2,1-2H3/t20-,31+/m0/s1. The molecule has 0 saturated carbocycles. The summed E-state index contributed by atoms with van der Waals surface area (Å²) in [6, 6.07) is 26.9. The van der Waals surface area contributed by atoms with Gasteiger partial charge in [-0.2, -0.15) is 0 Å². The number of aliphatic hydroxyl groups is 1. The maximum Gasteiger partial charge on any atom is 0.301 e. The Kier molecular flexibility index (Phi) is 7.02. The highest BCUT2D eigenvalue weighted by Gasteiger charge is 2.48. The van der Waals surface area contributed by atoms with E-state index in [2.05, 4.69) is 0 Å². The normalized spacial score (nSPS) is 18.8. The lowest BCUT2D eigenvalue weighted by atomic mass is 9.94. The van der Waals surface area contributed by atoms with Crippen molar-refractivity contribution in [2.24, 2.45) is 0 Å². The minimum atomic E-state index is -0.913. The van der Waals surface area contributed by atoms with Crippen molar-refractivity contribution in [2.45, 2.75) is 32.1 Å². The van der Waals surface area contributed by atoms with Crippen LogP contribution in [-0.4, -0.2) is 35.0 Å². The zero-order valence-electron chi connectivity index (χ0n) is 24.0. The number of amides is 1. The number of ether oxygens (including phenoxy) is 3. The molecule has 1 aromatic heterocycles. The Bertz CT molecular complexity index is 1930. The van der Waals surface area contributed by atoms with Gasteiger partial charge >= 0.3 is 5.91 Å². The van der Waals surface area contributed by atoms with Gasteiger partial charge in [0.2, 0.25) is 0 Å². The van der Waals surface area contributed by atoms with Crippen LogP contribution in [0.25, 0.3) is 16.0 Å². The van der Waals surface area contributed by atoms with Crippen LogP contribution in [0.4, 0.5) is 5.13 Å². The minimum absolute atomic E-state index is 0.00305. The van der Waals surface area contributed by atoms with Gasteiger partial charge in [0.05, 0.1) is 28.9 Å². The average Bonchev–Trinajstić information content (AvgIpc) is 3.72. The second-order valence-corrected chi connectivity index (χ2v) is 11.8. The summed E-state index contributed by atoms with van der Waals surface area (Å²) in [5.74, 6) is 0.262. The number of aromatic nitrogens is 1. The molecule has 2 aliphatic heterocycles. The van der Waals surface area contributed by atoms with Crippen molar-refractivity contribution in [3.05, 3.63) is 119 Å². The molecule has 0 aliphatic carbocycles. The number of anilines is 1. The number of carbonyl (C=O) groups is 2. The highest BCUT2D eigenvalue weighted by molar-refractivity contribution is 7.22. The lowest BCUT2D eigenvalue weighted by molar-refractivity contribution is -0.132. The number of thiazole rings is 1. The third-order valence-electron chi connectivity index (χ3n) is 7.85. The molecule has 0 radical (unpaired) electrons. The molecule has 2 atom stereocenters. The number of hydrogen-bond donors (Lipinski definition) is 1. The Balaban J connectivity index is 1.31. The molecule has 1 N–H and O–H groups in total. The fraction of sp³-hybridized carbons (Fsp3) is 0.171. The number of aliphatic hydroxyl groups excluding tert-OH is 1. The molecule has 2 aliphatic rings. The second kappa shape index (κ2) is 11.2. The van der Waals surface area contributed by atoms with E-state index in [4.69, 9.17) is 19.2 Å². The first kappa shape index (κ1) is 27.7. The molecule has 1 saturated heterocycles. The van der Waals surface area contributed by atoms with E-state index in [0.717, 1.165) is 21.6 Å². The zero-order valence-corrected chi connectivity index (χ0v) is 24.8. The third-order valence-corrected chi connectivity index (χ3v) is 8.87. The molecule has 8 nitrogen and oxygen atoms in total. The van der Waals surface area contributed by atoms with Crippen molar-refractivity contribution in [1.29, 1.82) is 0 Å². The largest absolute Gasteiger partial charge is 0.507 e. The molecule has 1 amide bonds. The Morgan fingerprint density at radius 3 is 2.55 bits per heavy atom. The molecule has 1 fully saturated rings. The second-order valence-electron chi connectivity index (χ2n) is 10.8. The van der Waals surface area contributed by atoms with Gasteiger partial charge in [-0.15, -0.1) is 0 Å². The number of Topliss-reactive ketones (excluding diaryl/α,β-unsaturated/α-hetero) is 1. The van der Waals surface area contributed by atoms with Gasteiger partial charge in [-0.25, -0.2) is 4.98 Å². The Labute approximate surface area is 257 Å². The van der Waals surface area contributed by atoms with E-state index < -0.39 is 17.7 Å². The van der Waals surface area contributed by atoms with Gasteiger partial charge in [-0.3, -0.25) is 14.5 Å². The van der Waals surface area contributed by atoms with Crippen LogP contribution in [0, 0.1) is 0 Å². The van der Waals surface area contributed by atoms with Gasteiger partial charge in [-0.1, -0.05) is 53.8 Å². The summed E-state index contributed by atoms with van der Waals surface area (Å²) in [5.41, 5.74) is 3.72. The smallest absolute Gasteiger partial charge is 0.301 e. The fourth-order valence-electron chi connectivity index (χ4n) is 5.68. The molecule has 220 valence electrons. The highest BCUT2D eigenvalue weighted by atomic mass is 32.1. The monoisotopic (exact) mass is 604 g/mol. The molecule has 5 aromatic rings. The maximum absolute atomic E-state index is 13.7. The Morgan fingerprint density at radius 2 is 1.77 bits per heavy atom. The van der Waals surface area contributed by atoms with Crippen LogP contribution < -0.4 is 19.1 Å². The number of ketones is 1. The summed E-state index contributed by atoms with van der Waals surface area (Å²) in [7, 11) is 1.58. The lowest BCUT2D eigenvalue weighted by Crippen LogP contribution is -2.29. The molecular formula is C35H28N2O6S. The summed E-state index contributed by atoms with van der Waals surface area (Å²) in [5, 5.41) is 12.0. The first-order valence-electron chi connectivity index (χ1n) is 14.2. The van der Waals surface area contributed by atoms with E-state index in [9.17, 15) is 14.7 Å². The van der Waals surface area contributed by atoms with Crippen molar-refractivity contribution in [3.8, 4) is 17.2 Å². The molecule has 7 rings (SSSR count). The molecule has 9 heteroatoms. The van der Waals surface area contributed by atoms with Crippen molar-refractivity contribution in [1.82, 2.24) is 4.98 Å². The highest BCUT2D eigenvalue weighted by Crippen LogP contribution is 2.45. The van der Waals surface area contributed by atoms with Crippen LogP contribution in [0.15, 0.2) is 96.6 Å². The van der Waals surface area contributed by atoms with Crippen molar-refractivity contribution < 1.29 is 28.9 Å². The molecule has 0 unspecified atom stereocenters. The summed E-state index contributed by atoms with van der Waals surface area (Å²) in [4.78, 5) is 33.5. The quantitative estimate of drug-likeness (QED) is 0.123. The predicted octanol–water partition coefficient (Wildman–Crippen LogP) is 6.83. The van der Waals surface area contributed by atoms with E-state index in [1.54, 1.807) is 37.4 Å². The summed E-state index contributed by atoms with van der Waals surface area (Å²) in [6.07, 6.45) is 0.710. The van der Waals surface area contributed by atoms with Crippen LogP contribution in [0.2, 0.25) is 0 Å². The average molecular weight is 605 g/mol. The Hall–Kier alpha value is -5.15. The van der Waals surface area contributed by atoms with Crippen molar-refractivity contribution >= 4 is 44.1 Å². The number of rotatable bonds is 7. The number of nitrogens with zero attached hydrogens (tertiary/aromatic N) is 2. The van der Waals surface area contributed by atoms with Gasteiger partial charge in [0.25, 0.3) is 5.78 Å². The number of hydrogen-bond acceptors (Lipinski definition) is 8. The van der Waals surface area contributed by atoms with Gasteiger partial charge in [0.1, 0.15) is 35.7 Å². The van der Waals surface area contributed by atoms with E-state index in [0.29, 0.717) is 46.3 Å². The maximum atomic E-state index is 13.7. The predicted molar refractivity (Wildman–Crippen MR) is 168 cm³/mol. The molecule has 0 bridgehead atoms. The third kappa shape index (κ3) is 4.95. The van der Waals surface area contributed by atoms with Gasteiger partial charge < -0.3 is 19.3 Å². The summed E-state index contributed by atoms with van der Waals surface area (Å²) >= 11 is 1.28. The first-order valence-corrected chi connectivity index (χ1v) is 15.0. The van der Waals surface area contributed by atoms with E-state index >= 15 is 0 Å². The van der Waals surface area contributed by atoms with E-state index in [1.807, 2.05) is 67.6 Å². The molecular weight excluding hydrogens is 576 g/mol. The van der Waals surface area contributed by atoms with Gasteiger partial charge in [0, 0.05) is 12.0 Å². The molecule has 3 heterocycles. The first-order chi connectivity index (χ1) is 21.4. The minimum Gasteiger partial charge on any atom is -0.507 e.